The number of aryl methyl sites for hydroxylation is 1. The van der Waals surface area contributed by atoms with Crippen molar-refractivity contribution in [2.75, 3.05) is 23.3 Å². The van der Waals surface area contributed by atoms with Crippen LogP contribution < -0.4 is 10.2 Å². The van der Waals surface area contributed by atoms with E-state index in [0.29, 0.717) is 0 Å². The topological polar surface area (TPSA) is 41.0 Å². The Morgan fingerprint density at radius 1 is 1.05 bits per heavy atom. The summed E-state index contributed by atoms with van der Waals surface area (Å²) in [5.41, 5.74) is 1.15. The van der Waals surface area contributed by atoms with Crippen LogP contribution in [-0.4, -0.2) is 23.1 Å². The van der Waals surface area contributed by atoms with Gasteiger partial charge in [-0.05, 0) is 32.4 Å². The summed E-state index contributed by atoms with van der Waals surface area (Å²) in [7, 11) is 0. The number of aromatic nitrogens is 2. The highest BCUT2D eigenvalue weighted by atomic mass is 15.2. The number of hydrogen-bond acceptors (Lipinski definition) is 4. The van der Waals surface area contributed by atoms with Gasteiger partial charge in [0.05, 0.1) is 0 Å². The molecule has 1 aromatic heterocycles. The fraction of sp³-hybridized carbons (Fsp3) is 0.444. The molecule has 0 aliphatic rings. The Kier molecular flexibility index (Phi) is 6.19. The molecule has 1 heterocycles. The minimum absolute atomic E-state index is 0.796. The summed E-state index contributed by atoms with van der Waals surface area (Å²) in [5.74, 6) is 2.65. The first kappa shape index (κ1) is 16.3. The fourth-order valence-electron chi connectivity index (χ4n) is 2.46. The molecule has 2 aromatic rings. The Morgan fingerprint density at radius 2 is 1.82 bits per heavy atom. The lowest BCUT2D eigenvalue weighted by Gasteiger charge is -2.23. The predicted octanol–water partition coefficient (Wildman–Crippen LogP) is 4.55. The Labute approximate surface area is 133 Å². The van der Waals surface area contributed by atoms with E-state index < -0.39 is 0 Å². The molecule has 0 aliphatic heterocycles. The van der Waals surface area contributed by atoms with Crippen molar-refractivity contribution in [3.05, 3.63) is 42.2 Å². The molecule has 1 N–H and O–H groups in total. The van der Waals surface area contributed by atoms with Gasteiger partial charge < -0.3 is 10.2 Å². The van der Waals surface area contributed by atoms with E-state index in [2.05, 4.69) is 58.3 Å². The molecule has 2 rings (SSSR count). The van der Waals surface area contributed by atoms with Crippen LogP contribution in [0.1, 0.15) is 38.9 Å². The number of unbranched alkanes of at least 4 members (excludes halogenated alkanes) is 2. The lowest BCUT2D eigenvalue weighted by Crippen LogP contribution is -2.18. The van der Waals surface area contributed by atoms with E-state index in [9.17, 15) is 0 Å². The molecule has 22 heavy (non-hydrogen) atoms. The smallest absolute Gasteiger partial charge is 0.138 e. The van der Waals surface area contributed by atoms with Gasteiger partial charge in [0.25, 0.3) is 0 Å². The van der Waals surface area contributed by atoms with Gasteiger partial charge in [-0.15, -0.1) is 0 Å². The van der Waals surface area contributed by atoms with E-state index in [1.165, 1.54) is 19.3 Å². The normalized spacial score (nSPS) is 10.5. The Morgan fingerprint density at radius 3 is 2.50 bits per heavy atom. The Bertz CT molecular complexity index is 569. The van der Waals surface area contributed by atoms with Gasteiger partial charge in [-0.3, -0.25) is 0 Å². The van der Waals surface area contributed by atoms with E-state index in [1.807, 2.05) is 19.1 Å². The molecular weight excluding hydrogens is 272 g/mol. The average Bonchev–Trinajstić information content (AvgIpc) is 2.53. The fourth-order valence-corrected chi connectivity index (χ4v) is 2.46. The van der Waals surface area contributed by atoms with E-state index in [1.54, 1.807) is 0 Å². The minimum Gasteiger partial charge on any atom is -0.370 e. The Balaban J connectivity index is 2.17. The third-order valence-electron chi connectivity index (χ3n) is 3.57. The maximum Gasteiger partial charge on any atom is 0.138 e. The molecule has 0 saturated heterocycles. The number of para-hydroxylation sites is 1. The molecule has 0 spiro atoms. The zero-order valence-corrected chi connectivity index (χ0v) is 13.8. The zero-order valence-electron chi connectivity index (χ0n) is 13.8. The molecule has 4 nitrogen and oxygen atoms in total. The molecule has 0 atom stereocenters. The Hall–Kier alpha value is -2.10. The summed E-state index contributed by atoms with van der Waals surface area (Å²) in [5, 5.41) is 3.41. The summed E-state index contributed by atoms with van der Waals surface area (Å²) in [6.45, 7) is 8.13. The van der Waals surface area contributed by atoms with Crippen LogP contribution in [-0.2, 0) is 0 Å². The number of hydrogen-bond donors (Lipinski definition) is 1. The van der Waals surface area contributed by atoms with Crippen molar-refractivity contribution >= 4 is 17.3 Å². The van der Waals surface area contributed by atoms with Crippen LogP contribution in [0.15, 0.2) is 36.4 Å². The molecule has 4 heteroatoms. The van der Waals surface area contributed by atoms with Crippen molar-refractivity contribution < 1.29 is 0 Å². The average molecular weight is 298 g/mol. The van der Waals surface area contributed by atoms with Crippen molar-refractivity contribution in [3.63, 3.8) is 0 Å². The molecule has 0 unspecified atom stereocenters. The molecule has 0 saturated carbocycles. The van der Waals surface area contributed by atoms with Crippen molar-refractivity contribution in [2.45, 2.75) is 40.0 Å². The summed E-state index contributed by atoms with van der Waals surface area (Å²) in [6.07, 6.45) is 3.65. The van der Waals surface area contributed by atoms with Gasteiger partial charge in [-0.1, -0.05) is 38.0 Å². The standard InChI is InChI=1S/C18H26N4/c1-4-6-10-13-19-17-14-18(21-15(3)20-17)22(5-2)16-11-8-7-9-12-16/h7-9,11-12,14H,4-6,10,13H2,1-3H3,(H,19,20,21). The highest BCUT2D eigenvalue weighted by molar-refractivity contribution is 5.62. The zero-order chi connectivity index (χ0) is 15.8. The largest absolute Gasteiger partial charge is 0.370 e. The highest BCUT2D eigenvalue weighted by Crippen LogP contribution is 2.24. The number of benzene rings is 1. The van der Waals surface area contributed by atoms with E-state index >= 15 is 0 Å². The molecule has 0 radical (unpaired) electrons. The van der Waals surface area contributed by atoms with Crippen molar-refractivity contribution in [1.29, 1.82) is 0 Å². The SMILES string of the molecule is CCCCCNc1cc(N(CC)c2ccccc2)nc(C)n1. The molecule has 0 bridgehead atoms. The number of rotatable bonds is 8. The lowest BCUT2D eigenvalue weighted by molar-refractivity contribution is 0.741. The summed E-state index contributed by atoms with van der Waals surface area (Å²) in [6, 6.07) is 12.4. The number of anilines is 3. The number of nitrogens with zero attached hydrogens (tertiary/aromatic N) is 3. The van der Waals surface area contributed by atoms with Crippen LogP contribution in [0.5, 0.6) is 0 Å². The molecule has 0 aliphatic carbocycles. The van der Waals surface area contributed by atoms with Crippen LogP contribution in [0.3, 0.4) is 0 Å². The van der Waals surface area contributed by atoms with Gasteiger partial charge in [0.15, 0.2) is 0 Å². The second-order valence-electron chi connectivity index (χ2n) is 5.37. The number of nitrogens with one attached hydrogen (secondary N) is 1. The maximum absolute atomic E-state index is 4.60. The van der Waals surface area contributed by atoms with Crippen LogP contribution in [0.4, 0.5) is 17.3 Å². The van der Waals surface area contributed by atoms with Crippen LogP contribution in [0.25, 0.3) is 0 Å². The maximum atomic E-state index is 4.60. The van der Waals surface area contributed by atoms with Crippen LogP contribution in [0, 0.1) is 6.92 Å². The quantitative estimate of drug-likeness (QED) is 0.726. The van der Waals surface area contributed by atoms with Gasteiger partial charge >= 0.3 is 0 Å². The molecular formula is C18H26N4. The van der Waals surface area contributed by atoms with E-state index in [-0.39, 0.29) is 0 Å². The second kappa shape index (κ2) is 8.37. The third-order valence-corrected chi connectivity index (χ3v) is 3.57. The minimum atomic E-state index is 0.796. The van der Waals surface area contributed by atoms with Gasteiger partial charge in [0.2, 0.25) is 0 Å². The summed E-state index contributed by atoms with van der Waals surface area (Å²) < 4.78 is 0. The van der Waals surface area contributed by atoms with Gasteiger partial charge in [-0.25, -0.2) is 9.97 Å². The third kappa shape index (κ3) is 4.45. The summed E-state index contributed by atoms with van der Waals surface area (Å²) >= 11 is 0. The van der Waals surface area contributed by atoms with Gasteiger partial charge in [0.1, 0.15) is 17.5 Å². The van der Waals surface area contributed by atoms with Crippen molar-refractivity contribution in [2.24, 2.45) is 0 Å². The van der Waals surface area contributed by atoms with Crippen LogP contribution >= 0.6 is 0 Å². The second-order valence-corrected chi connectivity index (χ2v) is 5.37. The predicted molar refractivity (Wildman–Crippen MR) is 93.9 cm³/mol. The first-order valence-electron chi connectivity index (χ1n) is 8.16. The van der Waals surface area contributed by atoms with E-state index in [4.69, 9.17) is 0 Å². The molecule has 1 aromatic carbocycles. The molecule has 0 fully saturated rings. The first-order chi connectivity index (χ1) is 10.7. The monoisotopic (exact) mass is 298 g/mol. The lowest BCUT2D eigenvalue weighted by atomic mass is 10.2. The highest BCUT2D eigenvalue weighted by Gasteiger charge is 2.10. The van der Waals surface area contributed by atoms with Gasteiger partial charge in [0, 0.05) is 24.8 Å². The summed E-state index contributed by atoms with van der Waals surface area (Å²) in [4.78, 5) is 11.3. The molecule has 118 valence electrons. The molecule has 0 amide bonds. The van der Waals surface area contributed by atoms with E-state index in [0.717, 1.165) is 36.2 Å². The van der Waals surface area contributed by atoms with Gasteiger partial charge in [-0.2, -0.15) is 0 Å². The van der Waals surface area contributed by atoms with Crippen molar-refractivity contribution in [3.8, 4) is 0 Å². The van der Waals surface area contributed by atoms with Crippen molar-refractivity contribution in [1.82, 2.24) is 9.97 Å². The first-order valence-corrected chi connectivity index (χ1v) is 8.16. The van der Waals surface area contributed by atoms with Crippen LogP contribution in [0.2, 0.25) is 0 Å².